The SMILES string of the molecule is CNC(=O)c1cc(OC)ccc1NC(=O)CCC(C)N.Cl. The van der Waals surface area contributed by atoms with Crippen LogP contribution in [0.3, 0.4) is 0 Å². The van der Waals surface area contributed by atoms with Gasteiger partial charge in [0.25, 0.3) is 5.91 Å². The number of hydrogen-bond donors (Lipinski definition) is 3. The van der Waals surface area contributed by atoms with Gasteiger partial charge in [-0.1, -0.05) is 0 Å². The molecule has 1 atom stereocenters. The number of anilines is 1. The van der Waals surface area contributed by atoms with Gasteiger partial charge in [0.1, 0.15) is 5.75 Å². The average Bonchev–Trinajstić information content (AvgIpc) is 2.44. The van der Waals surface area contributed by atoms with E-state index < -0.39 is 0 Å². The Morgan fingerprint density at radius 3 is 2.57 bits per heavy atom. The highest BCUT2D eigenvalue weighted by molar-refractivity contribution is 6.04. The molecule has 0 bridgehead atoms. The molecule has 1 aromatic carbocycles. The topological polar surface area (TPSA) is 93.5 Å². The van der Waals surface area contributed by atoms with Gasteiger partial charge in [0.2, 0.25) is 5.91 Å². The Kier molecular flexibility index (Phi) is 8.42. The highest BCUT2D eigenvalue weighted by atomic mass is 35.5. The Morgan fingerprint density at radius 1 is 1.38 bits per heavy atom. The minimum atomic E-state index is -0.286. The van der Waals surface area contributed by atoms with Gasteiger partial charge >= 0.3 is 0 Å². The molecule has 0 aliphatic carbocycles. The third kappa shape index (κ3) is 6.01. The van der Waals surface area contributed by atoms with Gasteiger partial charge in [-0.15, -0.1) is 12.4 Å². The molecule has 2 amide bonds. The first kappa shape index (κ1) is 19.2. The summed E-state index contributed by atoms with van der Waals surface area (Å²) in [6, 6.07) is 4.89. The number of ether oxygens (including phenoxy) is 1. The first-order valence-electron chi connectivity index (χ1n) is 6.43. The summed E-state index contributed by atoms with van der Waals surface area (Å²) in [5, 5.41) is 5.25. The van der Waals surface area contributed by atoms with E-state index in [2.05, 4.69) is 10.6 Å². The number of amides is 2. The van der Waals surface area contributed by atoms with E-state index in [9.17, 15) is 9.59 Å². The third-order valence-corrected chi connectivity index (χ3v) is 2.80. The number of carbonyl (C=O) groups is 2. The molecule has 118 valence electrons. The molecule has 0 aliphatic rings. The van der Waals surface area contributed by atoms with Gasteiger partial charge in [-0.2, -0.15) is 0 Å². The summed E-state index contributed by atoms with van der Waals surface area (Å²) in [5.74, 6) is 0.0983. The third-order valence-electron chi connectivity index (χ3n) is 2.80. The van der Waals surface area contributed by atoms with Crippen LogP contribution in [0.1, 0.15) is 30.1 Å². The standard InChI is InChI=1S/C14H21N3O3.ClH/c1-9(15)4-7-13(18)17-12-6-5-10(20-3)8-11(12)14(19)16-2;/h5-6,8-9H,4,7,15H2,1-3H3,(H,16,19)(H,17,18);1H. The fraction of sp³-hybridized carbons (Fsp3) is 0.429. The van der Waals surface area contributed by atoms with Gasteiger partial charge in [-0.25, -0.2) is 0 Å². The normalized spacial score (nSPS) is 11.0. The van der Waals surface area contributed by atoms with Gasteiger partial charge < -0.3 is 21.1 Å². The number of rotatable bonds is 6. The maximum atomic E-state index is 11.8. The summed E-state index contributed by atoms with van der Waals surface area (Å²) < 4.78 is 5.08. The van der Waals surface area contributed by atoms with Crippen LogP contribution in [-0.4, -0.2) is 32.0 Å². The van der Waals surface area contributed by atoms with Crippen LogP contribution in [0.15, 0.2) is 18.2 Å². The summed E-state index contributed by atoms with van der Waals surface area (Å²) in [6.45, 7) is 1.84. The predicted molar refractivity (Wildman–Crippen MR) is 85.1 cm³/mol. The Labute approximate surface area is 130 Å². The van der Waals surface area contributed by atoms with Crippen molar-refractivity contribution in [3.05, 3.63) is 23.8 Å². The lowest BCUT2D eigenvalue weighted by Gasteiger charge is -2.12. The number of halogens is 1. The van der Waals surface area contributed by atoms with E-state index in [1.807, 2.05) is 6.92 Å². The van der Waals surface area contributed by atoms with Crippen molar-refractivity contribution >= 4 is 29.9 Å². The molecule has 7 heteroatoms. The zero-order valence-electron chi connectivity index (χ0n) is 12.4. The van der Waals surface area contributed by atoms with Crippen LogP contribution in [0.5, 0.6) is 5.75 Å². The van der Waals surface area contributed by atoms with Crippen LogP contribution in [0, 0.1) is 0 Å². The number of carbonyl (C=O) groups excluding carboxylic acids is 2. The van der Waals surface area contributed by atoms with E-state index in [4.69, 9.17) is 10.5 Å². The van der Waals surface area contributed by atoms with Crippen LogP contribution in [-0.2, 0) is 4.79 Å². The minimum Gasteiger partial charge on any atom is -0.497 e. The fourth-order valence-corrected chi connectivity index (χ4v) is 1.65. The monoisotopic (exact) mass is 315 g/mol. The molecular formula is C14H22ClN3O3. The van der Waals surface area contributed by atoms with E-state index in [0.29, 0.717) is 29.8 Å². The first-order valence-corrected chi connectivity index (χ1v) is 6.43. The van der Waals surface area contributed by atoms with Crippen LogP contribution >= 0.6 is 12.4 Å². The lowest BCUT2D eigenvalue weighted by Crippen LogP contribution is -2.23. The Hall–Kier alpha value is -1.79. The molecule has 6 nitrogen and oxygen atoms in total. The molecule has 4 N–H and O–H groups in total. The predicted octanol–water partition coefficient (Wildman–Crippen LogP) is 1.54. The Balaban J connectivity index is 0.00000400. The van der Waals surface area contributed by atoms with Crippen LogP contribution < -0.4 is 21.1 Å². The molecule has 21 heavy (non-hydrogen) atoms. The maximum Gasteiger partial charge on any atom is 0.253 e. The Morgan fingerprint density at radius 2 is 2.05 bits per heavy atom. The second kappa shape index (κ2) is 9.20. The number of hydrogen-bond acceptors (Lipinski definition) is 4. The molecule has 0 saturated carbocycles. The van der Waals surface area contributed by atoms with Gasteiger partial charge in [0, 0.05) is 19.5 Å². The van der Waals surface area contributed by atoms with Crippen molar-refractivity contribution in [2.24, 2.45) is 5.73 Å². The first-order chi connectivity index (χ1) is 9.47. The highest BCUT2D eigenvalue weighted by Gasteiger charge is 2.14. The summed E-state index contributed by atoms with van der Waals surface area (Å²) in [6.07, 6.45) is 0.911. The van der Waals surface area contributed by atoms with Gasteiger partial charge in [-0.05, 0) is 31.5 Å². The molecule has 0 fully saturated rings. The van der Waals surface area contributed by atoms with Crippen molar-refractivity contribution in [1.29, 1.82) is 0 Å². The van der Waals surface area contributed by atoms with Gasteiger partial charge in [-0.3, -0.25) is 9.59 Å². The molecule has 0 saturated heterocycles. The largest absolute Gasteiger partial charge is 0.497 e. The van der Waals surface area contributed by atoms with Gasteiger partial charge in [0.15, 0.2) is 0 Å². The zero-order valence-corrected chi connectivity index (χ0v) is 13.3. The van der Waals surface area contributed by atoms with E-state index >= 15 is 0 Å². The molecular weight excluding hydrogens is 294 g/mol. The van der Waals surface area contributed by atoms with E-state index in [1.54, 1.807) is 18.2 Å². The van der Waals surface area contributed by atoms with Crippen molar-refractivity contribution in [3.63, 3.8) is 0 Å². The number of methoxy groups -OCH3 is 1. The van der Waals surface area contributed by atoms with Crippen molar-refractivity contribution < 1.29 is 14.3 Å². The number of nitrogens with two attached hydrogens (primary N) is 1. The van der Waals surface area contributed by atoms with Gasteiger partial charge in [0.05, 0.1) is 18.4 Å². The summed E-state index contributed by atoms with van der Waals surface area (Å²) in [4.78, 5) is 23.6. The summed E-state index contributed by atoms with van der Waals surface area (Å²) in [5.41, 5.74) is 6.43. The molecule has 1 aromatic rings. The molecule has 0 spiro atoms. The summed E-state index contributed by atoms with van der Waals surface area (Å²) in [7, 11) is 3.05. The van der Waals surface area contributed by atoms with Crippen molar-refractivity contribution in [3.8, 4) is 5.75 Å². The van der Waals surface area contributed by atoms with E-state index in [1.165, 1.54) is 14.2 Å². The maximum absolute atomic E-state index is 11.8. The number of nitrogens with one attached hydrogen (secondary N) is 2. The van der Waals surface area contributed by atoms with Crippen LogP contribution in [0.2, 0.25) is 0 Å². The van der Waals surface area contributed by atoms with Crippen molar-refractivity contribution in [2.45, 2.75) is 25.8 Å². The quantitative estimate of drug-likeness (QED) is 0.742. The lowest BCUT2D eigenvalue weighted by molar-refractivity contribution is -0.116. The molecule has 0 radical (unpaired) electrons. The molecule has 1 unspecified atom stereocenters. The van der Waals surface area contributed by atoms with E-state index in [-0.39, 0.29) is 30.3 Å². The highest BCUT2D eigenvalue weighted by Crippen LogP contribution is 2.22. The second-order valence-electron chi connectivity index (χ2n) is 4.55. The zero-order chi connectivity index (χ0) is 15.1. The Bertz CT molecular complexity index is 492. The second-order valence-corrected chi connectivity index (χ2v) is 4.55. The van der Waals surface area contributed by atoms with Crippen LogP contribution in [0.4, 0.5) is 5.69 Å². The molecule has 0 heterocycles. The van der Waals surface area contributed by atoms with Crippen molar-refractivity contribution in [2.75, 3.05) is 19.5 Å². The average molecular weight is 316 g/mol. The fourth-order valence-electron chi connectivity index (χ4n) is 1.65. The van der Waals surface area contributed by atoms with Crippen molar-refractivity contribution in [1.82, 2.24) is 5.32 Å². The smallest absolute Gasteiger partial charge is 0.253 e. The molecule has 0 aliphatic heterocycles. The van der Waals surface area contributed by atoms with Crippen LogP contribution in [0.25, 0.3) is 0 Å². The molecule has 1 rings (SSSR count). The lowest BCUT2D eigenvalue weighted by atomic mass is 10.1. The minimum absolute atomic E-state index is 0. The van der Waals surface area contributed by atoms with E-state index in [0.717, 1.165) is 0 Å². The number of benzene rings is 1. The molecule has 0 aromatic heterocycles. The summed E-state index contributed by atoms with van der Waals surface area (Å²) >= 11 is 0.